The smallest absolute Gasteiger partial charge is 0.332 e. The summed E-state index contributed by atoms with van der Waals surface area (Å²) in [5, 5.41) is 0. The van der Waals surface area contributed by atoms with Gasteiger partial charge in [0.05, 0.1) is 37.2 Å². The molecule has 44 heavy (non-hydrogen) atoms. The minimum atomic E-state index is -1.62. The first kappa shape index (κ1) is 27.6. The highest BCUT2D eigenvalue weighted by atomic mass is 16.5. The lowest BCUT2D eigenvalue weighted by Gasteiger charge is -2.35. The van der Waals surface area contributed by atoms with Crippen LogP contribution in [0.15, 0.2) is 109 Å². The summed E-state index contributed by atoms with van der Waals surface area (Å²) >= 11 is 0. The third-order valence-corrected chi connectivity index (χ3v) is 9.19. The van der Waals surface area contributed by atoms with Crippen LogP contribution in [0.5, 0.6) is 5.75 Å². The lowest BCUT2D eigenvalue weighted by atomic mass is 9.75. The number of nitrogens with zero attached hydrogens (tertiary/aromatic N) is 3. The fourth-order valence-electron chi connectivity index (χ4n) is 7.31. The number of ether oxygens (including phenoxy) is 1. The van der Waals surface area contributed by atoms with Crippen molar-refractivity contribution in [2.75, 3.05) is 12.0 Å². The van der Waals surface area contributed by atoms with Gasteiger partial charge in [-0.15, -0.1) is 0 Å². The summed E-state index contributed by atoms with van der Waals surface area (Å²) in [6.07, 6.45) is 0.0900. The molecule has 0 aromatic heterocycles. The van der Waals surface area contributed by atoms with Gasteiger partial charge in [0.25, 0.3) is 5.91 Å². The summed E-state index contributed by atoms with van der Waals surface area (Å²) < 4.78 is 5.30. The molecular weight excluding hydrogens is 554 g/mol. The van der Waals surface area contributed by atoms with Crippen LogP contribution < -0.4 is 9.64 Å². The monoisotopic (exact) mass is 585 g/mol. The molecule has 0 bridgehead atoms. The van der Waals surface area contributed by atoms with Crippen molar-refractivity contribution in [1.29, 1.82) is 0 Å². The summed E-state index contributed by atoms with van der Waals surface area (Å²) in [5.41, 5.74) is 2.03. The minimum absolute atomic E-state index is 0.0900. The van der Waals surface area contributed by atoms with Crippen molar-refractivity contribution in [3.8, 4) is 5.75 Å². The number of urea groups is 1. The third-order valence-electron chi connectivity index (χ3n) is 9.19. The van der Waals surface area contributed by atoms with Gasteiger partial charge in [-0.05, 0) is 47.9 Å². The summed E-state index contributed by atoms with van der Waals surface area (Å²) in [5.74, 6) is -2.71. The first-order chi connectivity index (χ1) is 21.3. The zero-order valence-corrected chi connectivity index (χ0v) is 24.4. The zero-order chi connectivity index (χ0) is 30.6. The van der Waals surface area contributed by atoms with Gasteiger partial charge in [0, 0.05) is 6.42 Å². The van der Waals surface area contributed by atoms with Crippen LogP contribution in [0.1, 0.15) is 28.3 Å². The molecule has 3 saturated heterocycles. The Balaban J connectivity index is 1.43. The molecule has 0 radical (unpaired) electrons. The average molecular weight is 586 g/mol. The molecule has 0 saturated carbocycles. The molecule has 220 valence electrons. The van der Waals surface area contributed by atoms with Gasteiger partial charge in [-0.1, -0.05) is 90.5 Å². The van der Waals surface area contributed by atoms with Crippen LogP contribution >= 0.6 is 0 Å². The van der Waals surface area contributed by atoms with Crippen LogP contribution in [-0.2, 0) is 27.3 Å². The van der Waals surface area contributed by atoms with Crippen LogP contribution in [0.3, 0.4) is 0 Å². The number of methoxy groups -OCH3 is 1. The molecule has 0 unspecified atom stereocenters. The standard InChI is InChI=1S/C36H31N3O5/c1-23-10-9-15-26(20-23)31-29-30(33(41)37(32(29)40)22-25-13-7-4-8-14-25)36(21-24-11-5-3-6-12-24)34(42)38(35(43)39(31)36)27-16-18-28(44-2)19-17-27/h3-20,29-31H,21-22H2,1-2H3/t29-,30-,31-,36-/m1/s1. The fourth-order valence-corrected chi connectivity index (χ4v) is 7.31. The van der Waals surface area contributed by atoms with Gasteiger partial charge in [-0.2, -0.15) is 0 Å². The van der Waals surface area contributed by atoms with E-state index < -0.39 is 41.3 Å². The number of amides is 5. The Morgan fingerprint density at radius 2 is 1.41 bits per heavy atom. The van der Waals surface area contributed by atoms with E-state index >= 15 is 0 Å². The SMILES string of the molecule is COc1ccc(N2C(=O)N3[C@H](c4cccc(C)c4)[C@@H]4C(=O)N(Cc5ccccc5)C(=O)[C@@H]4[C@]3(Cc3ccccc3)C2=O)cc1. The predicted molar refractivity (Wildman–Crippen MR) is 163 cm³/mol. The number of carbonyl (C=O) groups excluding carboxylic acids is 4. The molecular formula is C36H31N3O5. The van der Waals surface area contributed by atoms with Gasteiger partial charge in [-0.25, -0.2) is 9.69 Å². The average Bonchev–Trinajstić information content (AvgIpc) is 3.56. The molecule has 3 aliphatic heterocycles. The topological polar surface area (TPSA) is 87.2 Å². The number of benzene rings is 4. The van der Waals surface area contributed by atoms with Crippen LogP contribution in [0.25, 0.3) is 0 Å². The normalized spacial score (nSPS) is 24.2. The maximum Gasteiger partial charge on any atom is 0.332 e. The summed E-state index contributed by atoms with van der Waals surface area (Å²) in [7, 11) is 1.54. The van der Waals surface area contributed by atoms with Crippen molar-refractivity contribution in [3.05, 3.63) is 131 Å². The Kier molecular flexibility index (Phi) is 6.57. The van der Waals surface area contributed by atoms with E-state index in [1.807, 2.05) is 91.9 Å². The number of anilines is 1. The molecule has 8 heteroatoms. The Morgan fingerprint density at radius 3 is 2.05 bits per heavy atom. The van der Waals surface area contributed by atoms with E-state index in [1.54, 1.807) is 36.3 Å². The van der Waals surface area contributed by atoms with Gasteiger partial charge in [0.2, 0.25) is 11.8 Å². The van der Waals surface area contributed by atoms with E-state index in [1.165, 1.54) is 9.80 Å². The second-order valence-corrected chi connectivity index (χ2v) is 11.7. The van der Waals surface area contributed by atoms with Crippen LogP contribution in [0, 0.1) is 18.8 Å². The number of hydrogen-bond donors (Lipinski definition) is 0. The lowest BCUT2D eigenvalue weighted by Crippen LogP contribution is -2.55. The van der Waals surface area contributed by atoms with Crippen molar-refractivity contribution in [2.24, 2.45) is 11.8 Å². The van der Waals surface area contributed by atoms with E-state index in [4.69, 9.17) is 4.74 Å². The molecule has 8 nitrogen and oxygen atoms in total. The molecule has 0 spiro atoms. The Bertz CT molecular complexity index is 1770. The molecule has 4 aromatic carbocycles. The summed E-state index contributed by atoms with van der Waals surface area (Å²) in [6.45, 7) is 2.04. The first-order valence-corrected chi connectivity index (χ1v) is 14.7. The van der Waals surface area contributed by atoms with Gasteiger partial charge in [0.15, 0.2) is 0 Å². The maximum atomic E-state index is 14.9. The molecule has 3 fully saturated rings. The molecule has 5 amide bonds. The predicted octanol–water partition coefficient (Wildman–Crippen LogP) is 5.31. The molecule has 0 aliphatic carbocycles. The number of hydrogen-bond acceptors (Lipinski definition) is 5. The fraction of sp³-hybridized carbons (Fsp3) is 0.222. The van der Waals surface area contributed by atoms with Crippen LogP contribution in [0.2, 0.25) is 0 Å². The highest BCUT2D eigenvalue weighted by molar-refractivity contribution is 6.27. The van der Waals surface area contributed by atoms with Crippen molar-refractivity contribution in [2.45, 2.75) is 31.5 Å². The summed E-state index contributed by atoms with van der Waals surface area (Å²) in [6, 6.07) is 31.7. The molecule has 3 heterocycles. The van der Waals surface area contributed by atoms with Crippen molar-refractivity contribution in [1.82, 2.24) is 9.80 Å². The third kappa shape index (κ3) is 4.05. The largest absolute Gasteiger partial charge is 0.497 e. The second kappa shape index (κ2) is 10.5. The van der Waals surface area contributed by atoms with E-state index in [-0.39, 0.29) is 18.9 Å². The van der Waals surface area contributed by atoms with Crippen molar-refractivity contribution >= 4 is 29.4 Å². The lowest BCUT2D eigenvalue weighted by molar-refractivity contribution is -0.144. The second-order valence-electron chi connectivity index (χ2n) is 11.7. The van der Waals surface area contributed by atoms with Crippen molar-refractivity contribution in [3.63, 3.8) is 0 Å². The number of rotatable bonds is 7. The summed E-state index contributed by atoms with van der Waals surface area (Å²) in [4.78, 5) is 62.4. The quantitative estimate of drug-likeness (QED) is 0.217. The van der Waals surface area contributed by atoms with Gasteiger partial charge in [0.1, 0.15) is 11.3 Å². The van der Waals surface area contributed by atoms with Gasteiger partial charge >= 0.3 is 6.03 Å². The zero-order valence-electron chi connectivity index (χ0n) is 24.4. The molecule has 3 aliphatic rings. The highest BCUT2D eigenvalue weighted by Gasteiger charge is 2.77. The highest BCUT2D eigenvalue weighted by Crippen LogP contribution is 2.60. The molecule has 7 rings (SSSR count). The Labute approximate surface area is 255 Å². The van der Waals surface area contributed by atoms with E-state index in [0.29, 0.717) is 11.4 Å². The molecule has 4 aromatic rings. The Hall–Kier alpha value is -5.24. The van der Waals surface area contributed by atoms with Crippen molar-refractivity contribution < 1.29 is 23.9 Å². The van der Waals surface area contributed by atoms with Gasteiger partial charge < -0.3 is 9.64 Å². The number of fused-ring (bicyclic) bond motifs is 3. The maximum absolute atomic E-state index is 14.9. The Morgan fingerprint density at radius 1 is 0.750 bits per heavy atom. The number of likely N-dealkylation sites (tertiary alicyclic amines) is 1. The molecule has 0 N–H and O–H groups in total. The number of aryl methyl sites for hydroxylation is 1. The van der Waals surface area contributed by atoms with E-state index in [2.05, 4.69) is 0 Å². The number of carbonyl (C=O) groups is 4. The number of imide groups is 2. The van der Waals surface area contributed by atoms with Gasteiger partial charge in [-0.3, -0.25) is 19.3 Å². The molecule has 4 atom stereocenters. The van der Waals surface area contributed by atoms with E-state index in [0.717, 1.165) is 22.3 Å². The minimum Gasteiger partial charge on any atom is -0.497 e. The van der Waals surface area contributed by atoms with E-state index in [9.17, 15) is 19.2 Å². The first-order valence-electron chi connectivity index (χ1n) is 14.7. The van der Waals surface area contributed by atoms with Crippen LogP contribution in [0.4, 0.5) is 10.5 Å². The van der Waals surface area contributed by atoms with Crippen LogP contribution in [-0.4, -0.2) is 46.2 Å².